The van der Waals surface area contributed by atoms with Gasteiger partial charge in [-0.05, 0) is 59.4 Å². The second-order valence-corrected chi connectivity index (χ2v) is 12.0. The van der Waals surface area contributed by atoms with Crippen LogP contribution >= 0.6 is 11.3 Å². The van der Waals surface area contributed by atoms with Crippen LogP contribution in [0.1, 0.15) is 55.8 Å². The highest BCUT2D eigenvalue weighted by Gasteiger charge is 2.47. The molecule has 3 aliphatic rings. The van der Waals surface area contributed by atoms with Crippen molar-refractivity contribution in [2.24, 2.45) is 5.92 Å². The summed E-state index contributed by atoms with van der Waals surface area (Å²) in [5.41, 5.74) is 5.91. The highest BCUT2D eigenvalue weighted by atomic mass is 32.1. The number of nitrogens with zero attached hydrogens (tertiary/aromatic N) is 1. The number of carbonyl (C=O) groups excluding carboxylic acids is 2. The lowest BCUT2D eigenvalue weighted by molar-refractivity contribution is 0.0990. The normalized spacial score (nSPS) is 20.4. The van der Waals surface area contributed by atoms with E-state index in [4.69, 9.17) is 0 Å². The van der Waals surface area contributed by atoms with E-state index >= 15 is 0 Å². The van der Waals surface area contributed by atoms with Crippen LogP contribution in [0, 0.1) is 5.92 Å². The van der Waals surface area contributed by atoms with E-state index in [9.17, 15) is 9.59 Å². The van der Waals surface area contributed by atoms with Gasteiger partial charge < -0.3 is 4.90 Å². The number of rotatable bonds is 4. The summed E-state index contributed by atoms with van der Waals surface area (Å²) in [5, 5.41) is 0. The lowest BCUT2D eigenvalue weighted by Crippen LogP contribution is -2.28. The van der Waals surface area contributed by atoms with Crippen molar-refractivity contribution in [1.29, 1.82) is 0 Å². The average Bonchev–Trinajstić information content (AvgIpc) is 3.56. The fraction of sp³-hybridized carbons (Fsp3) is 0.143. The second kappa shape index (κ2) is 8.89. The van der Waals surface area contributed by atoms with Crippen molar-refractivity contribution >= 4 is 40.4 Å². The molecular weight excluding hydrogens is 498 g/mol. The summed E-state index contributed by atoms with van der Waals surface area (Å²) < 4.78 is 0. The number of Topliss-reactive ketones (excluding diaryl/α,β-unsaturated/α-hetero) is 2. The third-order valence-electron chi connectivity index (χ3n) is 8.30. The molecule has 190 valence electrons. The van der Waals surface area contributed by atoms with Crippen molar-refractivity contribution in [2.75, 3.05) is 4.90 Å². The lowest BCUT2D eigenvalue weighted by atomic mass is 9.74. The van der Waals surface area contributed by atoms with Gasteiger partial charge in [0.25, 0.3) is 0 Å². The Morgan fingerprint density at radius 2 is 1.36 bits per heavy atom. The van der Waals surface area contributed by atoms with Crippen LogP contribution in [-0.4, -0.2) is 11.6 Å². The van der Waals surface area contributed by atoms with E-state index in [1.807, 2.05) is 24.3 Å². The fourth-order valence-corrected chi connectivity index (χ4v) is 7.70. The number of thiophene rings is 1. The number of fused-ring (bicyclic) bond motifs is 4. The minimum absolute atomic E-state index is 0.102. The Kier molecular flexibility index (Phi) is 5.43. The zero-order valence-electron chi connectivity index (χ0n) is 21.8. The molecule has 1 heterocycles. The van der Waals surface area contributed by atoms with Gasteiger partial charge in [0.05, 0.1) is 5.57 Å². The molecule has 3 nitrogen and oxygen atoms in total. The van der Waals surface area contributed by atoms with Gasteiger partial charge in [-0.1, -0.05) is 86.7 Å². The standard InChI is InChI=1S/C35H27NO2S/c1-35(2)30-19-24(36(22-11-5-3-6-12-22)23-13-7-4-8-14-23)17-18-28(30)34-31(35)21-25(39-34)20-29-32(37)26-15-9-10-16-27(26)33(29)38/h3-21,28,30H,1-2H3. The SMILES string of the molecule is CC1(C)c2cc(C=C3C(=O)c4ccccc4C3=O)sc2C2C=CC(N(c3ccccc3)c3ccccc3)=CC21. The molecule has 3 aliphatic carbocycles. The van der Waals surface area contributed by atoms with Gasteiger partial charge in [0.1, 0.15) is 0 Å². The monoisotopic (exact) mass is 525 g/mol. The highest BCUT2D eigenvalue weighted by molar-refractivity contribution is 7.13. The molecule has 0 bridgehead atoms. The number of ketones is 2. The van der Waals surface area contributed by atoms with E-state index < -0.39 is 0 Å². The molecule has 0 saturated heterocycles. The molecule has 4 aromatic rings. The van der Waals surface area contributed by atoms with E-state index in [0.717, 1.165) is 16.3 Å². The maximum absolute atomic E-state index is 13.0. The topological polar surface area (TPSA) is 37.4 Å². The van der Waals surface area contributed by atoms with Crippen LogP contribution in [0.3, 0.4) is 0 Å². The Morgan fingerprint density at radius 1 is 0.795 bits per heavy atom. The van der Waals surface area contributed by atoms with Gasteiger partial charge in [0.2, 0.25) is 0 Å². The molecule has 1 aromatic heterocycles. The first-order chi connectivity index (χ1) is 18.9. The first-order valence-corrected chi connectivity index (χ1v) is 14.1. The molecule has 0 amide bonds. The zero-order chi connectivity index (χ0) is 26.7. The quantitative estimate of drug-likeness (QED) is 0.198. The Balaban J connectivity index is 1.25. The van der Waals surface area contributed by atoms with Gasteiger partial charge in [-0.15, -0.1) is 11.3 Å². The summed E-state index contributed by atoms with van der Waals surface area (Å²) in [6.45, 7) is 4.62. The maximum atomic E-state index is 13.0. The molecule has 0 radical (unpaired) electrons. The third-order valence-corrected chi connectivity index (χ3v) is 9.48. The molecule has 0 aliphatic heterocycles. The highest BCUT2D eigenvalue weighted by Crippen LogP contribution is 2.57. The number of carbonyl (C=O) groups is 2. The first-order valence-electron chi connectivity index (χ1n) is 13.3. The number of hydrogen-bond donors (Lipinski definition) is 0. The van der Waals surface area contributed by atoms with Crippen LogP contribution in [0.4, 0.5) is 11.4 Å². The summed E-state index contributed by atoms with van der Waals surface area (Å²) in [6, 6.07) is 30.3. The Labute approximate surface area is 232 Å². The third kappa shape index (κ3) is 3.70. The van der Waals surface area contributed by atoms with Crippen LogP contribution in [0.5, 0.6) is 0 Å². The minimum Gasteiger partial charge on any atom is -0.311 e. The Hall–Kier alpha value is -4.28. The molecule has 2 unspecified atom stereocenters. The number of anilines is 2. The van der Waals surface area contributed by atoms with Crippen LogP contribution in [0.25, 0.3) is 6.08 Å². The van der Waals surface area contributed by atoms with Crippen molar-refractivity contribution < 1.29 is 9.59 Å². The lowest BCUT2D eigenvalue weighted by Gasteiger charge is -2.34. The minimum atomic E-state index is -0.173. The summed E-state index contributed by atoms with van der Waals surface area (Å²) in [6.07, 6.45) is 8.81. The fourth-order valence-electron chi connectivity index (χ4n) is 6.30. The molecule has 0 spiro atoms. The summed E-state index contributed by atoms with van der Waals surface area (Å²) in [4.78, 5) is 30.5. The van der Waals surface area contributed by atoms with Gasteiger partial charge in [-0.3, -0.25) is 9.59 Å². The number of allylic oxidation sites excluding steroid dienone is 4. The van der Waals surface area contributed by atoms with Crippen molar-refractivity contribution in [3.63, 3.8) is 0 Å². The number of benzene rings is 3. The summed E-state index contributed by atoms with van der Waals surface area (Å²) >= 11 is 1.71. The van der Waals surface area contributed by atoms with E-state index in [2.05, 4.69) is 91.6 Å². The first kappa shape index (κ1) is 23.8. The van der Waals surface area contributed by atoms with Crippen LogP contribution in [0.2, 0.25) is 0 Å². The van der Waals surface area contributed by atoms with Crippen LogP contribution in [-0.2, 0) is 5.41 Å². The summed E-state index contributed by atoms with van der Waals surface area (Å²) in [7, 11) is 0. The van der Waals surface area contributed by atoms with Gasteiger partial charge in [0.15, 0.2) is 11.6 Å². The molecule has 0 N–H and O–H groups in total. The Bertz CT molecular complexity index is 1650. The molecular formula is C35H27NO2S. The van der Waals surface area contributed by atoms with E-state index in [1.54, 1.807) is 29.5 Å². The van der Waals surface area contributed by atoms with Crippen molar-refractivity contribution in [2.45, 2.75) is 25.2 Å². The zero-order valence-corrected chi connectivity index (χ0v) is 22.6. The second-order valence-electron chi connectivity index (χ2n) is 10.9. The molecule has 0 saturated carbocycles. The Morgan fingerprint density at radius 3 is 1.95 bits per heavy atom. The molecule has 4 heteroatoms. The van der Waals surface area contributed by atoms with E-state index in [-0.39, 0.29) is 28.5 Å². The predicted molar refractivity (Wildman–Crippen MR) is 159 cm³/mol. The predicted octanol–water partition coefficient (Wildman–Crippen LogP) is 8.49. The van der Waals surface area contributed by atoms with Gasteiger partial charge in [-0.2, -0.15) is 0 Å². The van der Waals surface area contributed by atoms with E-state index in [1.165, 1.54) is 16.1 Å². The van der Waals surface area contributed by atoms with Crippen molar-refractivity contribution in [3.05, 3.63) is 147 Å². The number of hydrogen-bond acceptors (Lipinski definition) is 4. The van der Waals surface area contributed by atoms with E-state index in [0.29, 0.717) is 17.0 Å². The maximum Gasteiger partial charge on any atom is 0.197 e. The number of para-hydroxylation sites is 2. The van der Waals surface area contributed by atoms with Gasteiger partial charge in [0, 0.05) is 43.9 Å². The molecule has 2 atom stereocenters. The average molecular weight is 526 g/mol. The van der Waals surface area contributed by atoms with Crippen LogP contribution in [0.15, 0.2) is 120 Å². The van der Waals surface area contributed by atoms with Crippen LogP contribution < -0.4 is 4.90 Å². The summed E-state index contributed by atoms with van der Waals surface area (Å²) in [5.74, 6) is 0.215. The van der Waals surface area contributed by atoms with Crippen molar-refractivity contribution in [3.8, 4) is 0 Å². The largest absolute Gasteiger partial charge is 0.311 e. The molecule has 39 heavy (non-hydrogen) atoms. The molecule has 0 fully saturated rings. The van der Waals surface area contributed by atoms with Gasteiger partial charge >= 0.3 is 0 Å². The van der Waals surface area contributed by atoms with Crippen molar-refractivity contribution in [1.82, 2.24) is 0 Å². The smallest absolute Gasteiger partial charge is 0.197 e. The molecule has 3 aromatic carbocycles. The molecule has 7 rings (SSSR count). The van der Waals surface area contributed by atoms with Gasteiger partial charge in [-0.25, -0.2) is 0 Å².